The maximum Gasteiger partial charge on any atom is 0.233 e. The van der Waals surface area contributed by atoms with Crippen LogP contribution in [0.15, 0.2) is 42.5 Å². The molecule has 2 aromatic rings. The third-order valence-electron chi connectivity index (χ3n) is 3.83. The van der Waals surface area contributed by atoms with Crippen molar-refractivity contribution in [3.63, 3.8) is 0 Å². The largest absolute Gasteiger partial charge is 0.326 e. The number of nitrogens with one attached hydrogen (secondary N) is 2. The molecule has 0 atom stereocenters. The van der Waals surface area contributed by atoms with Gasteiger partial charge in [0.1, 0.15) is 6.42 Å². The average Bonchev–Trinajstić information content (AvgIpc) is 2.50. The first-order chi connectivity index (χ1) is 11.6. The second kappa shape index (κ2) is 7.70. The molecule has 0 spiro atoms. The highest BCUT2D eigenvalue weighted by Gasteiger charge is 2.14. The van der Waals surface area contributed by atoms with Gasteiger partial charge in [0, 0.05) is 16.4 Å². The second-order valence-electron chi connectivity index (χ2n) is 7.06. The Bertz CT molecular complexity index is 777. The minimum absolute atomic E-state index is 0.0528. The SMILES string of the molecule is Cc1ccc(Cl)cc1NC(=O)CC(=O)Nc1ccc(C(C)(C)C)cc1. The number of anilines is 2. The molecule has 0 unspecified atom stereocenters. The van der Waals surface area contributed by atoms with E-state index in [4.69, 9.17) is 11.6 Å². The molecular formula is C20H23ClN2O2. The highest BCUT2D eigenvalue weighted by molar-refractivity contribution is 6.31. The lowest BCUT2D eigenvalue weighted by atomic mass is 9.87. The van der Waals surface area contributed by atoms with Crippen molar-refractivity contribution >= 4 is 34.8 Å². The number of amides is 2. The van der Waals surface area contributed by atoms with Gasteiger partial charge in [-0.3, -0.25) is 9.59 Å². The molecule has 2 N–H and O–H groups in total. The molecule has 0 bridgehead atoms. The maximum atomic E-state index is 12.0. The summed E-state index contributed by atoms with van der Waals surface area (Å²) in [6.07, 6.45) is -0.257. The van der Waals surface area contributed by atoms with Gasteiger partial charge in [0.25, 0.3) is 0 Å². The Morgan fingerprint density at radius 1 is 0.960 bits per heavy atom. The van der Waals surface area contributed by atoms with Gasteiger partial charge >= 0.3 is 0 Å². The molecule has 0 heterocycles. The molecule has 2 rings (SSSR count). The number of halogens is 1. The van der Waals surface area contributed by atoms with Crippen molar-refractivity contribution in [2.45, 2.75) is 39.5 Å². The highest BCUT2D eigenvalue weighted by atomic mass is 35.5. The van der Waals surface area contributed by atoms with Gasteiger partial charge in [-0.25, -0.2) is 0 Å². The van der Waals surface area contributed by atoms with Crippen LogP contribution in [0.2, 0.25) is 5.02 Å². The fraction of sp³-hybridized carbons (Fsp3) is 0.300. The summed E-state index contributed by atoms with van der Waals surface area (Å²) < 4.78 is 0. The van der Waals surface area contributed by atoms with E-state index in [0.29, 0.717) is 16.4 Å². The molecule has 0 saturated heterocycles. The first kappa shape index (κ1) is 19.0. The molecule has 0 aliphatic heterocycles. The number of aryl methyl sites for hydroxylation is 1. The van der Waals surface area contributed by atoms with Crippen molar-refractivity contribution in [1.29, 1.82) is 0 Å². The Morgan fingerprint density at radius 3 is 2.16 bits per heavy atom. The Kier molecular flexibility index (Phi) is 5.85. The first-order valence-electron chi connectivity index (χ1n) is 8.11. The first-order valence-corrected chi connectivity index (χ1v) is 8.49. The standard InChI is InChI=1S/C20H23ClN2O2/c1-13-5-8-15(21)11-17(13)23-19(25)12-18(24)22-16-9-6-14(7-10-16)20(2,3)4/h5-11H,12H2,1-4H3,(H,22,24)(H,23,25). The second-order valence-corrected chi connectivity index (χ2v) is 7.50. The van der Waals surface area contributed by atoms with Gasteiger partial charge in [-0.05, 0) is 47.7 Å². The Morgan fingerprint density at radius 2 is 1.56 bits per heavy atom. The van der Waals surface area contributed by atoms with E-state index in [1.807, 2.05) is 37.3 Å². The lowest BCUT2D eigenvalue weighted by Gasteiger charge is -2.19. The summed E-state index contributed by atoms with van der Waals surface area (Å²) in [6, 6.07) is 12.9. The van der Waals surface area contributed by atoms with E-state index < -0.39 is 0 Å². The minimum atomic E-state index is -0.380. The van der Waals surface area contributed by atoms with Crippen molar-refractivity contribution in [2.75, 3.05) is 10.6 Å². The van der Waals surface area contributed by atoms with E-state index in [1.54, 1.807) is 12.1 Å². The fourth-order valence-corrected chi connectivity index (χ4v) is 2.50. The third kappa shape index (κ3) is 5.61. The quantitative estimate of drug-likeness (QED) is 0.762. The van der Waals surface area contributed by atoms with E-state index in [0.717, 1.165) is 5.56 Å². The Labute approximate surface area is 153 Å². The molecule has 2 aromatic carbocycles. The summed E-state index contributed by atoms with van der Waals surface area (Å²) in [5.41, 5.74) is 3.40. The van der Waals surface area contributed by atoms with Gasteiger partial charge in [-0.15, -0.1) is 0 Å². The average molecular weight is 359 g/mol. The van der Waals surface area contributed by atoms with E-state index in [2.05, 4.69) is 31.4 Å². The zero-order valence-electron chi connectivity index (χ0n) is 14.9. The summed E-state index contributed by atoms with van der Waals surface area (Å²) in [5.74, 6) is -0.741. The van der Waals surface area contributed by atoms with Crippen molar-refractivity contribution in [3.05, 3.63) is 58.6 Å². The minimum Gasteiger partial charge on any atom is -0.326 e. The van der Waals surface area contributed by atoms with Crippen LogP contribution in [0.3, 0.4) is 0 Å². The molecule has 2 amide bonds. The molecule has 5 heteroatoms. The fourth-order valence-electron chi connectivity index (χ4n) is 2.33. The van der Waals surface area contributed by atoms with Crippen LogP contribution in [-0.2, 0) is 15.0 Å². The van der Waals surface area contributed by atoms with Crippen LogP contribution in [0.5, 0.6) is 0 Å². The van der Waals surface area contributed by atoms with Gasteiger partial charge in [-0.1, -0.05) is 50.6 Å². The molecule has 0 saturated carbocycles. The summed E-state index contributed by atoms with van der Waals surface area (Å²) in [5, 5.41) is 5.98. The van der Waals surface area contributed by atoms with Crippen LogP contribution >= 0.6 is 11.6 Å². The molecular weight excluding hydrogens is 336 g/mol. The van der Waals surface area contributed by atoms with E-state index in [-0.39, 0.29) is 23.7 Å². The Hall–Kier alpha value is -2.33. The molecule has 0 fully saturated rings. The molecule has 0 aliphatic carbocycles. The summed E-state index contributed by atoms with van der Waals surface area (Å²) >= 11 is 5.93. The predicted octanol–water partition coefficient (Wildman–Crippen LogP) is 4.91. The molecule has 4 nitrogen and oxygen atoms in total. The highest BCUT2D eigenvalue weighted by Crippen LogP contribution is 2.23. The number of carbonyl (C=O) groups excluding carboxylic acids is 2. The topological polar surface area (TPSA) is 58.2 Å². The number of rotatable bonds is 4. The zero-order valence-corrected chi connectivity index (χ0v) is 15.7. The van der Waals surface area contributed by atoms with Crippen molar-refractivity contribution in [3.8, 4) is 0 Å². The third-order valence-corrected chi connectivity index (χ3v) is 4.06. The number of carbonyl (C=O) groups is 2. The molecule has 0 aromatic heterocycles. The van der Waals surface area contributed by atoms with Crippen LogP contribution in [0, 0.1) is 6.92 Å². The molecule has 25 heavy (non-hydrogen) atoms. The van der Waals surface area contributed by atoms with E-state index >= 15 is 0 Å². The normalized spacial score (nSPS) is 11.1. The van der Waals surface area contributed by atoms with Gasteiger partial charge in [0.05, 0.1) is 0 Å². The number of hydrogen-bond donors (Lipinski definition) is 2. The summed E-state index contributed by atoms with van der Waals surface area (Å²) in [7, 11) is 0. The van der Waals surface area contributed by atoms with Gasteiger partial charge in [0.2, 0.25) is 11.8 Å². The van der Waals surface area contributed by atoms with Crippen LogP contribution in [0.1, 0.15) is 38.3 Å². The zero-order chi connectivity index (χ0) is 18.6. The molecule has 0 aliphatic rings. The maximum absolute atomic E-state index is 12.0. The molecule has 132 valence electrons. The van der Waals surface area contributed by atoms with Gasteiger partial charge < -0.3 is 10.6 Å². The van der Waals surface area contributed by atoms with Crippen molar-refractivity contribution < 1.29 is 9.59 Å². The van der Waals surface area contributed by atoms with Crippen LogP contribution < -0.4 is 10.6 Å². The number of benzene rings is 2. The lowest BCUT2D eigenvalue weighted by molar-refractivity contribution is -0.123. The van der Waals surface area contributed by atoms with Gasteiger partial charge in [0.15, 0.2) is 0 Å². The van der Waals surface area contributed by atoms with Crippen LogP contribution in [-0.4, -0.2) is 11.8 Å². The van der Waals surface area contributed by atoms with E-state index in [9.17, 15) is 9.59 Å². The lowest BCUT2D eigenvalue weighted by Crippen LogP contribution is -2.21. The van der Waals surface area contributed by atoms with E-state index in [1.165, 1.54) is 5.56 Å². The van der Waals surface area contributed by atoms with Crippen LogP contribution in [0.25, 0.3) is 0 Å². The summed E-state index contributed by atoms with van der Waals surface area (Å²) in [4.78, 5) is 24.1. The van der Waals surface area contributed by atoms with Gasteiger partial charge in [-0.2, -0.15) is 0 Å². The monoisotopic (exact) mass is 358 g/mol. The molecule has 0 radical (unpaired) electrons. The summed E-state index contributed by atoms with van der Waals surface area (Å²) in [6.45, 7) is 8.25. The van der Waals surface area contributed by atoms with Crippen molar-refractivity contribution in [1.82, 2.24) is 0 Å². The number of hydrogen-bond acceptors (Lipinski definition) is 2. The van der Waals surface area contributed by atoms with Crippen LogP contribution in [0.4, 0.5) is 11.4 Å². The smallest absolute Gasteiger partial charge is 0.233 e. The predicted molar refractivity (Wildman–Crippen MR) is 103 cm³/mol. The van der Waals surface area contributed by atoms with Crippen molar-refractivity contribution in [2.24, 2.45) is 0 Å². The Balaban J connectivity index is 1.93.